The average Bonchev–Trinajstić information content (AvgIpc) is 3.41. The molecule has 0 saturated heterocycles. The molecule has 0 fully saturated rings. The molecule has 0 unspecified atom stereocenters. The predicted molar refractivity (Wildman–Crippen MR) is 122 cm³/mol. The predicted octanol–water partition coefficient (Wildman–Crippen LogP) is 5.15. The highest BCUT2D eigenvalue weighted by Crippen LogP contribution is 2.40. The van der Waals surface area contributed by atoms with Gasteiger partial charge in [-0.1, -0.05) is 36.8 Å². The monoisotopic (exact) mass is 473 g/mol. The fourth-order valence-electron chi connectivity index (χ4n) is 3.05. The minimum atomic E-state index is -0.0804. The lowest BCUT2D eigenvalue weighted by atomic mass is 10.3. The molecule has 10 heteroatoms. The van der Waals surface area contributed by atoms with Crippen LogP contribution in [0.5, 0.6) is 11.5 Å². The van der Waals surface area contributed by atoms with Gasteiger partial charge in [0.25, 0.3) is 5.91 Å². The van der Waals surface area contributed by atoms with Crippen LogP contribution in [0.1, 0.15) is 23.5 Å². The van der Waals surface area contributed by atoms with E-state index >= 15 is 0 Å². The standard InChI is InChI=1S/C19H20ClN3O3S2.ClH/c1-3-22(4-2)7-8-23(18(24)15-5-6-17(20)27-15)19-21-12-9-13-14(26-11-25-13)10-16(12)28-19;/h5-6,9-10H,3-4,7-8,11H2,1-2H3;1H. The molecule has 0 N–H and O–H groups in total. The Kier molecular flexibility index (Phi) is 7.23. The summed E-state index contributed by atoms with van der Waals surface area (Å²) in [5.41, 5.74) is 0.800. The summed E-state index contributed by atoms with van der Waals surface area (Å²) in [6, 6.07) is 7.31. The van der Waals surface area contributed by atoms with Gasteiger partial charge in [-0.25, -0.2) is 4.98 Å². The van der Waals surface area contributed by atoms with E-state index in [4.69, 9.17) is 26.1 Å². The highest BCUT2D eigenvalue weighted by molar-refractivity contribution is 7.22. The van der Waals surface area contributed by atoms with E-state index in [9.17, 15) is 4.79 Å². The highest BCUT2D eigenvalue weighted by Gasteiger charge is 2.24. The Morgan fingerprint density at radius 2 is 1.86 bits per heavy atom. The van der Waals surface area contributed by atoms with E-state index in [-0.39, 0.29) is 25.1 Å². The second kappa shape index (κ2) is 9.49. The molecular weight excluding hydrogens is 453 g/mol. The number of rotatable bonds is 7. The summed E-state index contributed by atoms with van der Waals surface area (Å²) in [4.78, 5) is 22.6. The molecule has 2 aromatic heterocycles. The van der Waals surface area contributed by atoms with Crippen LogP contribution in [0.15, 0.2) is 24.3 Å². The van der Waals surface area contributed by atoms with E-state index in [1.165, 1.54) is 22.7 Å². The molecule has 1 amide bonds. The first-order valence-corrected chi connectivity index (χ1v) is 11.1. The van der Waals surface area contributed by atoms with Crippen LogP contribution in [-0.2, 0) is 0 Å². The van der Waals surface area contributed by atoms with Gasteiger partial charge in [-0.3, -0.25) is 9.69 Å². The molecule has 0 radical (unpaired) electrons. The molecule has 4 rings (SSSR count). The van der Waals surface area contributed by atoms with Gasteiger partial charge in [0.1, 0.15) is 0 Å². The van der Waals surface area contributed by atoms with Gasteiger partial charge in [-0.2, -0.15) is 0 Å². The molecule has 0 saturated carbocycles. The van der Waals surface area contributed by atoms with Crippen molar-refractivity contribution >= 4 is 67.9 Å². The average molecular weight is 474 g/mol. The van der Waals surface area contributed by atoms with Crippen LogP contribution in [0, 0.1) is 0 Å². The molecule has 0 atom stereocenters. The number of nitrogens with zero attached hydrogens (tertiary/aromatic N) is 3. The Labute approximate surface area is 188 Å². The maximum absolute atomic E-state index is 13.2. The number of likely N-dealkylation sites (N-methyl/N-ethyl adjacent to an activating group) is 1. The maximum Gasteiger partial charge on any atom is 0.270 e. The van der Waals surface area contributed by atoms with Crippen LogP contribution in [-0.4, -0.2) is 48.8 Å². The number of anilines is 1. The van der Waals surface area contributed by atoms with Crippen molar-refractivity contribution in [2.45, 2.75) is 13.8 Å². The number of carbonyl (C=O) groups excluding carboxylic acids is 1. The first-order chi connectivity index (χ1) is 13.6. The number of amides is 1. The lowest BCUT2D eigenvalue weighted by molar-refractivity contribution is 0.0987. The minimum Gasteiger partial charge on any atom is -0.454 e. The van der Waals surface area contributed by atoms with Gasteiger partial charge in [0.05, 0.1) is 19.4 Å². The van der Waals surface area contributed by atoms with Gasteiger partial charge in [0.2, 0.25) is 6.79 Å². The Bertz CT molecular complexity index is 963. The summed E-state index contributed by atoms with van der Waals surface area (Å²) in [7, 11) is 0. The van der Waals surface area contributed by atoms with Gasteiger partial charge in [0, 0.05) is 25.2 Å². The summed E-state index contributed by atoms with van der Waals surface area (Å²) in [5.74, 6) is 1.33. The molecule has 1 aliphatic heterocycles. The quantitative estimate of drug-likeness (QED) is 0.474. The number of thiazole rings is 1. The second-order valence-corrected chi connectivity index (χ2v) is 8.98. The van der Waals surface area contributed by atoms with Crippen LogP contribution in [0.3, 0.4) is 0 Å². The van der Waals surface area contributed by atoms with Crippen LogP contribution < -0.4 is 14.4 Å². The normalized spacial score (nSPS) is 12.4. The van der Waals surface area contributed by atoms with E-state index in [2.05, 4.69) is 18.7 Å². The lowest BCUT2D eigenvalue weighted by Crippen LogP contribution is -2.38. The second-order valence-electron chi connectivity index (χ2n) is 6.26. The zero-order valence-corrected chi connectivity index (χ0v) is 19.2. The maximum atomic E-state index is 13.2. The molecule has 1 aliphatic rings. The Morgan fingerprint density at radius 3 is 2.52 bits per heavy atom. The first kappa shape index (κ1) is 22.1. The zero-order chi connectivity index (χ0) is 19.7. The fraction of sp³-hybridized carbons (Fsp3) is 0.368. The zero-order valence-electron chi connectivity index (χ0n) is 16.0. The number of hydrogen-bond acceptors (Lipinski definition) is 7. The summed E-state index contributed by atoms with van der Waals surface area (Å²) in [6.07, 6.45) is 0. The Balaban J connectivity index is 0.00000240. The Morgan fingerprint density at radius 1 is 1.14 bits per heavy atom. The van der Waals surface area contributed by atoms with Crippen molar-refractivity contribution in [2.75, 3.05) is 37.9 Å². The van der Waals surface area contributed by atoms with E-state index in [0.29, 0.717) is 32.4 Å². The summed E-state index contributed by atoms with van der Waals surface area (Å²) in [6.45, 7) is 7.67. The van der Waals surface area contributed by atoms with E-state index in [1.54, 1.807) is 17.0 Å². The van der Waals surface area contributed by atoms with Gasteiger partial charge in [-0.15, -0.1) is 23.7 Å². The van der Waals surface area contributed by atoms with Crippen LogP contribution in [0.2, 0.25) is 4.34 Å². The van der Waals surface area contributed by atoms with Gasteiger partial charge in [-0.05, 0) is 25.2 Å². The van der Waals surface area contributed by atoms with Crippen molar-refractivity contribution in [3.63, 3.8) is 0 Å². The molecule has 0 spiro atoms. The molecule has 156 valence electrons. The van der Waals surface area contributed by atoms with E-state index in [1.807, 2.05) is 12.1 Å². The van der Waals surface area contributed by atoms with Gasteiger partial charge in [0.15, 0.2) is 16.6 Å². The summed E-state index contributed by atoms with van der Waals surface area (Å²) in [5, 5.41) is 0.667. The molecule has 3 heterocycles. The van der Waals surface area contributed by atoms with Crippen molar-refractivity contribution in [3.05, 3.63) is 33.5 Å². The molecular formula is C19H21Cl2N3O3S2. The topological polar surface area (TPSA) is 54.9 Å². The van der Waals surface area contributed by atoms with Crippen molar-refractivity contribution in [1.29, 1.82) is 0 Å². The number of ether oxygens (including phenoxy) is 2. The largest absolute Gasteiger partial charge is 0.454 e. The first-order valence-electron chi connectivity index (χ1n) is 9.08. The lowest BCUT2D eigenvalue weighted by Gasteiger charge is -2.24. The van der Waals surface area contributed by atoms with Crippen molar-refractivity contribution in [1.82, 2.24) is 9.88 Å². The van der Waals surface area contributed by atoms with Gasteiger partial charge < -0.3 is 14.4 Å². The van der Waals surface area contributed by atoms with Crippen molar-refractivity contribution in [2.24, 2.45) is 0 Å². The third-order valence-corrected chi connectivity index (χ3v) is 6.93. The van der Waals surface area contributed by atoms with Crippen molar-refractivity contribution in [3.8, 4) is 11.5 Å². The fourth-order valence-corrected chi connectivity index (χ4v) is 5.04. The Hall–Kier alpha value is -1.58. The number of thiophene rings is 1. The molecule has 3 aromatic rings. The number of benzene rings is 1. The molecule has 29 heavy (non-hydrogen) atoms. The highest BCUT2D eigenvalue weighted by atomic mass is 35.5. The van der Waals surface area contributed by atoms with Gasteiger partial charge >= 0.3 is 0 Å². The van der Waals surface area contributed by atoms with Crippen LogP contribution in [0.25, 0.3) is 10.2 Å². The number of fused-ring (bicyclic) bond motifs is 2. The number of aromatic nitrogens is 1. The molecule has 6 nitrogen and oxygen atoms in total. The molecule has 0 bridgehead atoms. The number of halogens is 2. The third-order valence-electron chi connectivity index (χ3n) is 4.67. The van der Waals surface area contributed by atoms with Crippen LogP contribution in [0.4, 0.5) is 5.13 Å². The summed E-state index contributed by atoms with van der Waals surface area (Å²) >= 11 is 8.81. The SMILES string of the molecule is CCN(CC)CCN(C(=O)c1ccc(Cl)s1)c1nc2cc3c(cc2s1)OCO3.Cl. The van der Waals surface area contributed by atoms with Crippen molar-refractivity contribution < 1.29 is 14.3 Å². The smallest absolute Gasteiger partial charge is 0.270 e. The molecule has 0 aliphatic carbocycles. The third kappa shape index (κ3) is 4.62. The van der Waals surface area contributed by atoms with E-state index < -0.39 is 0 Å². The van der Waals surface area contributed by atoms with Crippen LogP contribution >= 0.6 is 46.7 Å². The number of hydrogen-bond donors (Lipinski definition) is 0. The van der Waals surface area contributed by atoms with E-state index in [0.717, 1.165) is 29.9 Å². The minimum absolute atomic E-state index is 0. The summed E-state index contributed by atoms with van der Waals surface area (Å²) < 4.78 is 12.5. The molecule has 1 aromatic carbocycles. The number of carbonyl (C=O) groups is 1.